The molecule has 3 aromatic carbocycles. The molecule has 0 N–H and O–H groups in total. The molecule has 0 fully saturated rings. The molecule has 0 unspecified atom stereocenters. The summed E-state index contributed by atoms with van der Waals surface area (Å²) in [7, 11) is 1.32. The Morgan fingerprint density at radius 3 is 2.54 bits per heavy atom. The summed E-state index contributed by atoms with van der Waals surface area (Å²) < 4.78 is 79.4. The molecule has 0 radical (unpaired) electrons. The normalized spacial score (nSPS) is 17.6. The number of aromatic nitrogens is 2. The lowest BCUT2D eigenvalue weighted by molar-refractivity contribution is -0.141. The summed E-state index contributed by atoms with van der Waals surface area (Å²) in [6.07, 6.45) is -4.90. The molecule has 0 spiro atoms. The Labute approximate surface area is 232 Å². The van der Waals surface area contributed by atoms with Crippen molar-refractivity contribution in [2.45, 2.75) is 44.4 Å². The number of rotatable bonds is 6. The van der Waals surface area contributed by atoms with Gasteiger partial charge in [-0.1, -0.05) is 35.5 Å². The highest BCUT2D eigenvalue weighted by Crippen LogP contribution is 2.48. The first-order valence-corrected chi connectivity index (χ1v) is 13.0. The third-order valence-electron chi connectivity index (χ3n) is 7.45. The van der Waals surface area contributed by atoms with Gasteiger partial charge in [0.15, 0.2) is 0 Å². The molecule has 0 bridgehead atoms. The summed E-state index contributed by atoms with van der Waals surface area (Å²) in [6.45, 7) is 1.95. The lowest BCUT2D eigenvalue weighted by Crippen LogP contribution is -2.12. The Balaban J connectivity index is 1.33. The number of hydrogen-bond donors (Lipinski definition) is 0. The van der Waals surface area contributed by atoms with Gasteiger partial charge in [0.2, 0.25) is 11.7 Å². The molecule has 1 aliphatic heterocycles. The summed E-state index contributed by atoms with van der Waals surface area (Å²) >= 11 is 0. The van der Waals surface area contributed by atoms with E-state index >= 15 is 4.39 Å². The number of alkyl halides is 3. The Bertz CT molecular complexity index is 1630. The second-order valence-corrected chi connectivity index (χ2v) is 10.0. The van der Waals surface area contributed by atoms with Crippen molar-refractivity contribution < 1.29 is 41.1 Å². The molecule has 0 amide bonds. The smallest absolute Gasteiger partial charge is 0.417 e. The highest BCUT2D eigenvalue weighted by atomic mass is 19.4. The number of ether oxygens (including phenoxy) is 3. The summed E-state index contributed by atoms with van der Waals surface area (Å²) in [5, 5.41) is 3.84. The zero-order valence-corrected chi connectivity index (χ0v) is 22.0. The minimum Gasteiger partial charge on any atom is -0.492 e. The van der Waals surface area contributed by atoms with Crippen molar-refractivity contribution in [1.29, 1.82) is 0 Å². The second-order valence-electron chi connectivity index (χ2n) is 10.0. The number of nitrogens with zero attached hydrogens (tertiary/aromatic N) is 2. The van der Waals surface area contributed by atoms with E-state index in [1.807, 2.05) is 0 Å². The lowest BCUT2D eigenvalue weighted by Gasteiger charge is -2.21. The number of esters is 1. The van der Waals surface area contributed by atoms with Crippen LogP contribution in [0.25, 0.3) is 22.5 Å². The van der Waals surface area contributed by atoms with E-state index in [2.05, 4.69) is 10.1 Å². The predicted molar refractivity (Wildman–Crippen MR) is 138 cm³/mol. The fourth-order valence-electron chi connectivity index (χ4n) is 5.57. The zero-order valence-electron chi connectivity index (χ0n) is 22.0. The van der Waals surface area contributed by atoms with Crippen molar-refractivity contribution in [2.24, 2.45) is 0 Å². The summed E-state index contributed by atoms with van der Waals surface area (Å²) in [5.74, 6) is 0.141. The van der Waals surface area contributed by atoms with Crippen molar-refractivity contribution in [2.75, 3.05) is 13.7 Å². The van der Waals surface area contributed by atoms with Crippen LogP contribution >= 0.6 is 0 Å². The van der Waals surface area contributed by atoms with E-state index in [1.165, 1.54) is 7.11 Å². The third-order valence-corrected chi connectivity index (χ3v) is 7.45. The van der Waals surface area contributed by atoms with Crippen LogP contribution in [0.15, 0.2) is 53.1 Å². The molecular weight excluding hydrogens is 544 g/mol. The molecule has 6 rings (SSSR count). The maximum absolute atomic E-state index is 15.4. The number of aryl methyl sites for hydroxylation is 1. The van der Waals surface area contributed by atoms with Crippen molar-refractivity contribution >= 4 is 5.97 Å². The molecule has 1 aliphatic carbocycles. The SMILES string of the molecule is COC(=O)C[C@@H]1COc2cc(O[C@@H]3CCc4c(-c5ccc(-c6noc(C)n6)cc5)c(C(F)(F)F)cc(F)c43)ccc21. The monoisotopic (exact) mass is 568 g/mol. The van der Waals surface area contributed by atoms with Crippen LogP contribution in [-0.4, -0.2) is 29.8 Å². The van der Waals surface area contributed by atoms with Gasteiger partial charge in [-0.15, -0.1) is 0 Å². The van der Waals surface area contributed by atoms with E-state index < -0.39 is 23.7 Å². The van der Waals surface area contributed by atoms with Crippen molar-refractivity contribution in [1.82, 2.24) is 10.1 Å². The largest absolute Gasteiger partial charge is 0.492 e. The molecule has 0 saturated heterocycles. The second kappa shape index (κ2) is 10.2. The van der Waals surface area contributed by atoms with Crippen molar-refractivity contribution in [3.63, 3.8) is 0 Å². The highest BCUT2D eigenvalue weighted by molar-refractivity contribution is 5.76. The first-order valence-electron chi connectivity index (χ1n) is 13.0. The quantitative estimate of drug-likeness (QED) is 0.183. The van der Waals surface area contributed by atoms with Gasteiger partial charge >= 0.3 is 12.1 Å². The van der Waals surface area contributed by atoms with Crippen LogP contribution < -0.4 is 9.47 Å². The van der Waals surface area contributed by atoms with Crippen LogP contribution in [0.3, 0.4) is 0 Å². The number of carbonyl (C=O) groups excluding carboxylic acids is 1. The van der Waals surface area contributed by atoms with Crippen LogP contribution in [0.5, 0.6) is 11.5 Å². The predicted octanol–water partition coefficient (Wildman–Crippen LogP) is 6.98. The fraction of sp³-hybridized carbons (Fsp3) is 0.300. The number of carbonyl (C=O) groups is 1. The van der Waals surface area contributed by atoms with Gasteiger partial charge in [0.1, 0.15) is 23.4 Å². The van der Waals surface area contributed by atoms with Crippen LogP contribution in [0, 0.1) is 12.7 Å². The fourth-order valence-corrected chi connectivity index (χ4v) is 5.57. The number of benzene rings is 3. The van der Waals surface area contributed by atoms with Crippen LogP contribution in [0.2, 0.25) is 0 Å². The van der Waals surface area contributed by atoms with E-state index in [-0.39, 0.29) is 41.4 Å². The first kappa shape index (κ1) is 26.8. The summed E-state index contributed by atoms with van der Waals surface area (Å²) in [5.41, 5.74) is 0.959. The van der Waals surface area contributed by atoms with Gasteiger partial charge < -0.3 is 18.7 Å². The van der Waals surface area contributed by atoms with Gasteiger partial charge in [0.05, 0.1) is 25.7 Å². The molecule has 41 heavy (non-hydrogen) atoms. The van der Waals surface area contributed by atoms with E-state index in [0.717, 1.165) is 5.56 Å². The number of fused-ring (bicyclic) bond motifs is 2. The zero-order chi connectivity index (χ0) is 28.9. The third kappa shape index (κ3) is 5.00. The van der Waals surface area contributed by atoms with Gasteiger partial charge in [-0.05, 0) is 41.7 Å². The van der Waals surface area contributed by atoms with Crippen LogP contribution in [-0.2, 0) is 22.1 Å². The standard InChI is InChI=1S/C30H24F4N2O5/c1-15-35-29(36-41-15)17-5-3-16(4-6-17)27-21-9-10-24(28(21)23(31)13-22(27)30(32,33)34)40-19-7-8-20-18(11-26(37)38-2)14-39-25(20)12-19/h3-8,12-13,18,24H,9-11,14H2,1-2H3/t18-,24-/m1/s1. The average molecular weight is 569 g/mol. The highest BCUT2D eigenvalue weighted by Gasteiger charge is 2.40. The molecule has 1 aromatic heterocycles. The van der Waals surface area contributed by atoms with E-state index in [1.54, 1.807) is 49.4 Å². The maximum Gasteiger partial charge on any atom is 0.417 e. The summed E-state index contributed by atoms with van der Waals surface area (Å²) in [4.78, 5) is 15.9. The molecule has 2 aliphatic rings. The molecule has 2 heterocycles. The molecule has 4 aromatic rings. The van der Waals surface area contributed by atoms with Crippen LogP contribution in [0.1, 0.15) is 53.0 Å². The maximum atomic E-state index is 15.4. The Morgan fingerprint density at radius 1 is 1.10 bits per heavy atom. The van der Waals surface area contributed by atoms with Gasteiger partial charge in [-0.25, -0.2) is 4.39 Å². The van der Waals surface area contributed by atoms with Gasteiger partial charge in [0, 0.05) is 35.6 Å². The Morgan fingerprint density at radius 2 is 1.85 bits per heavy atom. The lowest BCUT2D eigenvalue weighted by atomic mass is 9.90. The average Bonchev–Trinajstić information content (AvgIpc) is 3.67. The molecule has 0 saturated carbocycles. The van der Waals surface area contributed by atoms with Gasteiger partial charge in [-0.2, -0.15) is 18.2 Å². The first-order chi connectivity index (χ1) is 19.6. The number of halogens is 4. The van der Waals surface area contributed by atoms with E-state index in [9.17, 15) is 18.0 Å². The molecular formula is C30H24F4N2O5. The van der Waals surface area contributed by atoms with Gasteiger partial charge in [-0.3, -0.25) is 4.79 Å². The molecule has 11 heteroatoms. The minimum atomic E-state index is -4.77. The summed E-state index contributed by atoms with van der Waals surface area (Å²) in [6, 6.07) is 12.0. The van der Waals surface area contributed by atoms with Crippen molar-refractivity contribution in [3.8, 4) is 34.0 Å². The Kier molecular flexibility index (Phi) is 6.67. The number of methoxy groups -OCH3 is 1. The number of hydrogen-bond acceptors (Lipinski definition) is 7. The van der Waals surface area contributed by atoms with Gasteiger partial charge in [0.25, 0.3) is 0 Å². The van der Waals surface area contributed by atoms with Crippen molar-refractivity contribution in [3.05, 3.63) is 82.5 Å². The topological polar surface area (TPSA) is 83.7 Å². The molecule has 7 nitrogen and oxygen atoms in total. The molecule has 2 atom stereocenters. The minimum absolute atomic E-state index is 0.0706. The van der Waals surface area contributed by atoms with E-state index in [4.69, 9.17) is 18.7 Å². The van der Waals surface area contributed by atoms with Crippen LogP contribution in [0.4, 0.5) is 17.6 Å². The molecule has 212 valence electrons. The van der Waals surface area contributed by atoms with E-state index in [0.29, 0.717) is 53.4 Å². The Hall–Kier alpha value is -4.41.